The third kappa shape index (κ3) is 0.700. The Kier molecular flexibility index (Phi) is 1.06. The zero-order valence-electron chi connectivity index (χ0n) is 4.93. The SMILES string of the molecule is C=C1OC(C)=C([O-])C1=O. The van der Waals surface area contributed by atoms with E-state index in [1.807, 2.05) is 0 Å². The van der Waals surface area contributed by atoms with E-state index in [9.17, 15) is 9.90 Å². The number of ketones is 1. The van der Waals surface area contributed by atoms with Crippen molar-refractivity contribution in [3.63, 3.8) is 0 Å². The van der Waals surface area contributed by atoms with Crippen molar-refractivity contribution >= 4 is 5.78 Å². The second kappa shape index (κ2) is 1.62. The van der Waals surface area contributed by atoms with Crippen molar-refractivity contribution in [2.75, 3.05) is 0 Å². The number of Topliss-reactive ketones (excluding diaryl/α,β-unsaturated/α-hetero) is 1. The van der Waals surface area contributed by atoms with Gasteiger partial charge in [0.2, 0.25) is 5.78 Å². The van der Waals surface area contributed by atoms with Crippen LogP contribution in [-0.2, 0) is 9.53 Å². The number of ether oxygens (including phenoxy) is 1. The van der Waals surface area contributed by atoms with Gasteiger partial charge in [-0.05, 0) is 12.7 Å². The van der Waals surface area contributed by atoms with Crippen molar-refractivity contribution in [3.05, 3.63) is 23.9 Å². The molecule has 0 aromatic carbocycles. The van der Waals surface area contributed by atoms with E-state index in [1.54, 1.807) is 0 Å². The average Bonchev–Trinajstić information content (AvgIpc) is 1.98. The molecule has 1 aliphatic heterocycles. The number of carbonyl (C=O) groups is 1. The van der Waals surface area contributed by atoms with Gasteiger partial charge in [-0.3, -0.25) is 4.79 Å². The van der Waals surface area contributed by atoms with Crippen LogP contribution in [0.3, 0.4) is 0 Å². The third-order valence-electron chi connectivity index (χ3n) is 1.06. The molecule has 9 heavy (non-hydrogen) atoms. The Balaban J connectivity index is 3.01. The first kappa shape index (κ1) is 5.88. The number of rotatable bonds is 0. The number of hydrogen-bond donors (Lipinski definition) is 0. The molecule has 0 radical (unpaired) electrons. The molecule has 0 saturated heterocycles. The molecular weight excluding hydrogens is 120 g/mol. The summed E-state index contributed by atoms with van der Waals surface area (Å²) in [6, 6.07) is 0. The average molecular weight is 125 g/mol. The van der Waals surface area contributed by atoms with Gasteiger partial charge in [0, 0.05) is 0 Å². The maximum absolute atomic E-state index is 10.5. The molecule has 0 saturated carbocycles. The standard InChI is InChI=1S/C6H6O3/c1-3-5(7)6(8)4(2)9-3/h8H,1H2,2H3/p-1. The lowest BCUT2D eigenvalue weighted by Gasteiger charge is -1.98. The van der Waals surface area contributed by atoms with E-state index >= 15 is 0 Å². The van der Waals surface area contributed by atoms with Crippen molar-refractivity contribution in [1.82, 2.24) is 0 Å². The molecule has 0 fully saturated rings. The molecule has 0 aromatic heterocycles. The first-order chi connectivity index (χ1) is 4.13. The van der Waals surface area contributed by atoms with Crippen molar-refractivity contribution in [1.29, 1.82) is 0 Å². The highest BCUT2D eigenvalue weighted by Crippen LogP contribution is 2.17. The molecule has 0 bridgehead atoms. The maximum atomic E-state index is 10.5. The van der Waals surface area contributed by atoms with Gasteiger partial charge in [0.25, 0.3) is 0 Å². The lowest BCUT2D eigenvalue weighted by Crippen LogP contribution is -2.11. The predicted molar refractivity (Wildman–Crippen MR) is 27.9 cm³/mol. The second-order valence-corrected chi connectivity index (χ2v) is 1.74. The van der Waals surface area contributed by atoms with E-state index < -0.39 is 11.5 Å². The molecule has 0 spiro atoms. The van der Waals surface area contributed by atoms with E-state index in [4.69, 9.17) is 0 Å². The van der Waals surface area contributed by atoms with Crippen molar-refractivity contribution in [2.24, 2.45) is 0 Å². The minimum absolute atomic E-state index is 0.0718. The monoisotopic (exact) mass is 125 g/mol. The summed E-state index contributed by atoms with van der Waals surface area (Å²) in [5, 5.41) is 10.5. The van der Waals surface area contributed by atoms with Crippen molar-refractivity contribution in [3.8, 4) is 0 Å². The summed E-state index contributed by atoms with van der Waals surface area (Å²) in [5.41, 5.74) is 0. The predicted octanol–water partition coefficient (Wildman–Crippen LogP) is -0.309. The summed E-state index contributed by atoms with van der Waals surface area (Å²) in [4.78, 5) is 10.5. The fourth-order valence-electron chi connectivity index (χ4n) is 0.564. The van der Waals surface area contributed by atoms with Gasteiger partial charge in [0.15, 0.2) is 5.76 Å². The summed E-state index contributed by atoms with van der Waals surface area (Å²) >= 11 is 0. The lowest BCUT2D eigenvalue weighted by atomic mass is 10.3. The molecule has 3 heteroatoms. The number of carbonyl (C=O) groups excluding carboxylic acids is 1. The Bertz CT molecular complexity index is 210. The summed E-state index contributed by atoms with van der Waals surface area (Å²) in [5.74, 6) is -1.17. The Morgan fingerprint density at radius 1 is 1.67 bits per heavy atom. The minimum atomic E-state index is -0.632. The lowest BCUT2D eigenvalue weighted by molar-refractivity contribution is -0.299. The van der Waals surface area contributed by atoms with Crippen molar-refractivity contribution < 1.29 is 14.6 Å². The van der Waals surface area contributed by atoms with Crippen LogP contribution in [0, 0.1) is 0 Å². The summed E-state index contributed by atoms with van der Waals surface area (Å²) in [6.07, 6.45) is 0. The van der Waals surface area contributed by atoms with Gasteiger partial charge in [-0.2, -0.15) is 0 Å². The van der Waals surface area contributed by atoms with E-state index in [2.05, 4.69) is 11.3 Å². The molecule has 1 rings (SSSR count). The first-order valence-corrected chi connectivity index (χ1v) is 2.42. The van der Waals surface area contributed by atoms with Crippen LogP contribution in [0.25, 0.3) is 0 Å². The van der Waals surface area contributed by atoms with Crippen molar-refractivity contribution in [2.45, 2.75) is 6.92 Å². The van der Waals surface area contributed by atoms with Crippen LogP contribution < -0.4 is 5.11 Å². The Morgan fingerprint density at radius 3 is 2.33 bits per heavy atom. The van der Waals surface area contributed by atoms with Gasteiger partial charge in [-0.1, -0.05) is 6.58 Å². The zero-order chi connectivity index (χ0) is 7.02. The number of hydrogen-bond acceptors (Lipinski definition) is 3. The maximum Gasteiger partial charge on any atom is 0.215 e. The quantitative estimate of drug-likeness (QED) is 0.417. The molecule has 0 aromatic rings. The van der Waals surface area contributed by atoms with Crippen LogP contribution in [0.15, 0.2) is 23.9 Å². The summed E-state index contributed by atoms with van der Waals surface area (Å²) in [6.45, 7) is 4.67. The molecular formula is C6H5O3-. The number of allylic oxidation sites excluding steroid dienone is 1. The first-order valence-electron chi connectivity index (χ1n) is 2.42. The molecule has 0 unspecified atom stereocenters. The van der Waals surface area contributed by atoms with Crippen LogP contribution >= 0.6 is 0 Å². The van der Waals surface area contributed by atoms with Crippen LogP contribution in [0.5, 0.6) is 0 Å². The summed E-state index contributed by atoms with van der Waals surface area (Å²) in [7, 11) is 0. The Labute approximate surface area is 52.2 Å². The zero-order valence-corrected chi connectivity index (χ0v) is 4.93. The molecule has 1 aliphatic rings. The van der Waals surface area contributed by atoms with Gasteiger partial charge in [-0.15, -0.1) is 0 Å². The van der Waals surface area contributed by atoms with Crippen LogP contribution in [0.2, 0.25) is 0 Å². The highest BCUT2D eigenvalue weighted by atomic mass is 16.5. The van der Waals surface area contributed by atoms with Crippen LogP contribution in [0.1, 0.15) is 6.92 Å². The van der Waals surface area contributed by atoms with Gasteiger partial charge >= 0.3 is 0 Å². The highest BCUT2D eigenvalue weighted by molar-refractivity contribution is 6.06. The topological polar surface area (TPSA) is 49.4 Å². The second-order valence-electron chi connectivity index (χ2n) is 1.74. The largest absolute Gasteiger partial charge is 0.867 e. The fourth-order valence-corrected chi connectivity index (χ4v) is 0.564. The van der Waals surface area contributed by atoms with E-state index in [0.717, 1.165) is 0 Å². The van der Waals surface area contributed by atoms with Gasteiger partial charge in [0.05, 0.1) is 5.76 Å². The van der Waals surface area contributed by atoms with E-state index in [-0.39, 0.29) is 11.5 Å². The third-order valence-corrected chi connectivity index (χ3v) is 1.06. The minimum Gasteiger partial charge on any atom is -0.867 e. The summed E-state index contributed by atoms with van der Waals surface area (Å²) < 4.78 is 4.61. The van der Waals surface area contributed by atoms with E-state index in [1.165, 1.54) is 6.92 Å². The Morgan fingerprint density at radius 2 is 2.22 bits per heavy atom. The molecule has 3 nitrogen and oxygen atoms in total. The van der Waals surface area contributed by atoms with Crippen LogP contribution in [-0.4, -0.2) is 5.78 Å². The highest BCUT2D eigenvalue weighted by Gasteiger charge is 2.17. The molecule has 1 heterocycles. The Hall–Kier alpha value is -1.25. The molecule has 0 atom stereocenters. The van der Waals surface area contributed by atoms with Gasteiger partial charge in [0.1, 0.15) is 0 Å². The fraction of sp³-hybridized carbons (Fsp3) is 0.167. The van der Waals surface area contributed by atoms with E-state index in [0.29, 0.717) is 0 Å². The normalized spacial score (nSPS) is 18.8. The molecule has 0 N–H and O–H groups in total. The molecule has 0 aliphatic carbocycles. The van der Waals surface area contributed by atoms with Gasteiger partial charge < -0.3 is 9.84 Å². The smallest absolute Gasteiger partial charge is 0.215 e. The van der Waals surface area contributed by atoms with Crippen LogP contribution in [0.4, 0.5) is 0 Å². The van der Waals surface area contributed by atoms with Gasteiger partial charge in [-0.25, -0.2) is 0 Å². The molecule has 0 amide bonds. The molecule has 48 valence electrons.